The quantitative estimate of drug-likeness (QED) is 0.438. The summed E-state index contributed by atoms with van der Waals surface area (Å²) in [6.07, 6.45) is 4.25. The highest BCUT2D eigenvalue weighted by molar-refractivity contribution is 7.99. The molecule has 0 saturated heterocycles. The summed E-state index contributed by atoms with van der Waals surface area (Å²) in [5, 5.41) is 11.1. The zero-order chi connectivity index (χ0) is 23.8. The number of thioether (sulfide) groups is 1. The number of aliphatic carboxylic acids is 1. The fraction of sp³-hybridized carbons (Fsp3) is 0.292. The lowest BCUT2D eigenvalue weighted by Gasteiger charge is -2.26. The summed E-state index contributed by atoms with van der Waals surface area (Å²) in [5.41, 5.74) is 2.66. The van der Waals surface area contributed by atoms with E-state index in [1.54, 1.807) is 34.5 Å². The SMILES string of the molecule is CC(C)Sc1ccc(S(=O)(=O)N2CC=C(c3cn(CC(=O)O)c4ccc(Cl)cc34)CC2)cc1. The van der Waals surface area contributed by atoms with E-state index < -0.39 is 16.0 Å². The Bertz CT molecular complexity index is 1330. The van der Waals surface area contributed by atoms with Gasteiger partial charge in [-0.05, 0) is 54.5 Å². The van der Waals surface area contributed by atoms with Crippen LogP contribution >= 0.6 is 23.4 Å². The van der Waals surface area contributed by atoms with Gasteiger partial charge in [0.2, 0.25) is 10.0 Å². The Kier molecular flexibility index (Phi) is 6.91. The molecule has 33 heavy (non-hydrogen) atoms. The van der Waals surface area contributed by atoms with E-state index in [1.807, 2.05) is 36.5 Å². The number of benzene rings is 2. The average Bonchev–Trinajstić information content (AvgIpc) is 3.10. The zero-order valence-electron chi connectivity index (χ0n) is 18.4. The molecule has 1 aliphatic heterocycles. The summed E-state index contributed by atoms with van der Waals surface area (Å²) < 4.78 is 29.5. The van der Waals surface area contributed by atoms with E-state index in [0.29, 0.717) is 23.2 Å². The number of nitrogens with zero attached hydrogens (tertiary/aromatic N) is 2. The van der Waals surface area contributed by atoms with Crippen LogP contribution in [0, 0.1) is 0 Å². The second kappa shape index (κ2) is 9.54. The van der Waals surface area contributed by atoms with Gasteiger partial charge in [-0.3, -0.25) is 4.79 Å². The van der Waals surface area contributed by atoms with Crippen LogP contribution < -0.4 is 0 Å². The molecule has 0 radical (unpaired) electrons. The first kappa shape index (κ1) is 23.9. The maximum Gasteiger partial charge on any atom is 0.323 e. The van der Waals surface area contributed by atoms with Gasteiger partial charge < -0.3 is 9.67 Å². The van der Waals surface area contributed by atoms with Gasteiger partial charge in [0.15, 0.2) is 0 Å². The van der Waals surface area contributed by atoms with Crippen molar-refractivity contribution in [2.24, 2.45) is 0 Å². The third kappa shape index (κ3) is 5.14. The number of carboxylic acids is 1. The topological polar surface area (TPSA) is 79.6 Å². The summed E-state index contributed by atoms with van der Waals surface area (Å²) in [5.74, 6) is -0.930. The van der Waals surface area contributed by atoms with Crippen LogP contribution in [0.4, 0.5) is 0 Å². The van der Waals surface area contributed by atoms with Gasteiger partial charge in [-0.15, -0.1) is 11.8 Å². The standard InChI is InChI=1S/C24H25ClN2O4S2/c1-16(2)32-19-4-6-20(7-5-19)33(30,31)27-11-9-17(10-12-27)22-14-26(15-24(28)29)23-8-3-18(25)13-21(22)23/h3-9,13-14,16H,10-12,15H2,1-2H3,(H,28,29). The van der Waals surface area contributed by atoms with Gasteiger partial charge in [0.25, 0.3) is 0 Å². The smallest absolute Gasteiger partial charge is 0.323 e. The highest BCUT2D eigenvalue weighted by atomic mass is 35.5. The highest BCUT2D eigenvalue weighted by Crippen LogP contribution is 2.34. The van der Waals surface area contributed by atoms with Crippen molar-refractivity contribution in [1.82, 2.24) is 8.87 Å². The maximum absolute atomic E-state index is 13.1. The van der Waals surface area contributed by atoms with E-state index >= 15 is 0 Å². The fourth-order valence-electron chi connectivity index (χ4n) is 4.03. The number of carbonyl (C=O) groups is 1. The van der Waals surface area contributed by atoms with Gasteiger partial charge in [-0.1, -0.05) is 31.5 Å². The van der Waals surface area contributed by atoms with Crippen LogP contribution in [-0.4, -0.2) is 46.7 Å². The van der Waals surface area contributed by atoms with E-state index in [9.17, 15) is 18.3 Å². The van der Waals surface area contributed by atoms with Crippen LogP contribution in [0.15, 0.2) is 64.5 Å². The minimum Gasteiger partial charge on any atom is -0.480 e. The molecule has 2 aromatic carbocycles. The molecule has 0 bridgehead atoms. The van der Waals surface area contributed by atoms with Crippen molar-refractivity contribution < 1.29 is 18.3 Å². The molecule has 1 aliphatic rings. The number of carboxylic acid groups (broad SMARTS) is 1. The number of rotatable bonds is 7. The van der Waals surface area contributed by atoms with Crippen LogP contribution in [-0.2, 0) is 21.4 Å². The van der Waals surface area contributed by atoms with Crippen molar-refractivity contribution >= 4 is 55.8 Å². The first-order chi connectivity index (χ1) is 15.6. The van der Waals surface area contributed by atoms with E-state index in [4.69, 9.17) is 11.6 Å². The van der Waals surface area contributed by atoms with Crippen LogP contribution in [0.2, 0.25) is 5.02 Å². The van der Waals surface area contributed by atoms with Gasteiger partial charge in [-0.25, -0.2) is 8.42 Å². The fourth-order valence-corrected chi connectivity index (χ4v) is 6.42. The third-order valence-electron chi connectivity index (χ3n) is 5.50. The normalized spacial score (nSPS) is 15.2. The molecule has 6 nitrogen and oxygen atoms in total. The number of sulfonamides is 1. The van der Waals surface area contributed by atoms with Crippen molar-refractivity contribution in [3.8, 4) is 0 Å². The molecule has 0 amide bonds. The lowest BCUT2D eigenvalue weighted by Crippen LogP contribution is -2.34. The monoisotopic (exact) mass is 504 g/mol. The largest absolute Gasteiger partial charge is 0.480 e. The van der Waals surface area contributed by atoms with Crippen molar-refractivity contribution in [3.05, 3.63) is 65.3 Å². The van der Waals surface area contributed by atoms with Gasteiger partial charge in [0, 0.05) is 50.9 Å². The van der Waals surface area contributed by atoms with Crippen molar-refractivity contribution in [3.63, 3.8) is 0 Å². The third-order valence-corrected chi connectivity index (χ3v) is 8.63. The minimum absolute atomic E-state index is 0.156. The Morgan fingerprint density at radius 2 is 1.91 bits per heavy atom. The Balaban J connectivity index is 1.59. The summed E-state index contributed by atoms with van der Waals surface area (Å²) >= 11 is 7.89. The predicted molar refractivity (Wildman–Crippen MR) is 133 cm³/mol. The first-order valence-electron chi connectivity index (χ1n) is 10.6. The highest BCUT2D eigenvalue weighted by Gasteiger charge is 2.27. The molecule has 174 valence electrons. The predicted octanol–water partition coefficient (Wildman–Crippen LogP) is 5.36. The van der Waals surface area contributed by atoms with Crippen LogP contribution in [0.25, 0.3) is 16.5 Å². The molecule has 1 aromatic heterocycles. The summed E-state index contributed by atoms with van der Waals surface area (Å²) in [7, 11) is -3.60. The van der Waals surface area contributed by atoms with E-state index in [0.717, 1.165) is 26.9 Å². The lowest BCUT2D eigenvalue weighted by atomic mass is 10.00. The Hall–Kier alpha value is -2.26. The summed E-state index contributed by atoms with van der Waals surface area (Å²) in [6, 6.07) is 12.4. The Morgan fingerprint density at radius 1 is 1.18 bits per heavy atom. The second-order valence-corrected chi connectivity index (χ2v) is 12.2. The number of aromatic nitrogens is 1. The number of hydrogen-bond donors (Lipinski definition) is 1. The van der Waals surface area contributed by atoms with E-state index in [1.165, 1.54) is 4.31 Å². The molecule has 0 spiro atoms. The van der Waals surface area contributed by atoms with Crippen molar-refractivity contribution in [2.75, 3.05) is 13.1 Å². The molecule has 4 rings (SSSR count). The van der Waals surface area contributed by atoms with Crippen molar-refractivity contribution in [2.45, 2.75) is 41.9 Å². The van der Waals surface area contributed by atoms with Crippen LogP contribution in [0.3, 0.4) is 0 Å². The summed E-state index contributed by atoms with van der Waals surface area (Å²) in [4.78, 5) is 12.6. The van der Waals surface area contributed by atoms with E-state index in [2.05, 4.69) is 13.8 Å². The molecule has 0 saturated carbocycles. The average molecular weight is 505 g/mol. The van der Waals surface area contributed by atoms with Gasteiger partial charge in [0.1, 0.15) is 6.54 Å². The molecule has 1 N–H and O–H groups in total. The molecule has 0 aliphatic carbocycles. The lowest BCUT2D eigenvalue weighted by molar-refractivity contribution is -0.137. The summed E-state index contributed by atoms with van der Waals surface area (Å²) in [6.45, 7) is 4.65. The van der Waals surface area contributed by atoms with Gasteiger partial charge in [0.05, 0.1) is 4.90 Å². The minimum atomic E-state index is -3.60. The van der Waals surface area contributed by atoms with Crippen molar-refractivity contribution in [1.29, 1.82) is 0 Å². The van der Waals surface area contributed by atoms with Gasteiger partial charge in [-0.2, -0.15) is 4.31 Å². The number of fused-ring (bicyclic) bond motifs is 1. The molecule has 2 heterocycles. The Labute approximate surface area is 202 Å². The molecule has 0 atom stereocenters. The Morgan fingerprint density at radius 3 is 2.52 bits per heavy atom. The molecule has 9 heteroatoms. The molecular weight excluding hydrogens is 480 g/mol. The number of halogens is 1. The zero-order valence-corrected chi connectivity index (χ0v) is 20.8. The molecule has 0 fully saturated rings. The maximum atomic E-state index is 13.1. The number of hydrogen-bond acceptors (Lipinski definition) is 4. The van der Waals surface area contributed by atoms with Crippen LogP contribution in [0.1, 0.15) is 25.8 Å². The second-order valence-electron chi connectivity index (χ2n) is 8.21. The van der Waals surface area contributed by atoms with Gasteiger partial charge >= 0.3 is 5.97 Å². The molecular formula is C24H25ClN2O4S2. The van der Waals surface area contributed by atoms with Crippen LogP contribution in [0.5, 0.6) is 0 Å². The molecule has 0 unspecified atom stereocenters. The van der Waals surface area contributed by atoms with E-state index in [-0.39, 0.29) is 18.0 Å². The molecule has 3 aromatic rings. The first-order valence-corrected chi connectivity index (χ1v) is 13.3.